The van der Waals surface area contributed by atoms with Gasteiger partial charge in [-0.25, -0.2) is 4.79 Å². The van der Waals surface area contributed by atoms with Gasteiger partial charge in [-0.1, -0.05) is 61.5 Å². The zero-order valence-corrected chi connectivity index (χ0v) is 13.9. The zero-order valence-electron chi connectivity index (χ0n) is 13.9. The molecule has 0 spiro atoms. The Morgan fingerprint density at radius 1 is 0.958 bits per heavy atom. The van der Waals surface area contributed by atoms with Crippen LogP contribution in [-0.4, -0.2) is 23.0 Å². The SMILES string of the molecule is CCc1ccc(CCC(=O)N[C@@H](Cc2ccccc2)C(=O)O)cc1. The minimum absolute atomic E-state index is 0.238. The summed E-state index contributed by atoms with van der Waals surface area (Å²) < 4.78 is 0. The lowest BCUT2D eigenvalue weighted by Gasteiger charge is -2.14. The molecule has 2 N–H and O–H groups in total. The number of hydrogen-bond donors (Lipinski definition) is 2. The number of carboxylic acid groups (broad SMARTS) is 1. The van der Waals surface area contributed by atoms with Gasteiger partial charge in [0.25, 0.3) is 0 Å². The Bertz CT molecular complexity index is 665. The van der Waals surface area contributed by atoms with Crippen molar-refractivity contribution in [2.24, 2.45) is 0 Å². The lowest BCUT2D eigenvalue weighted by atomic mass is 10.0. The molecule has 0 aromatic heterocycles. The molecule has 0 saturated heterocycles. The lowest BCUT2D eigenvalue weighted by Crippen LogP contribution is -2.42. The minimum atomic E-state index is -1.01. The summed E-state index contributed by atoms with van der Waals surface area (Å²) in [5.74, 6) is -1.25. The molecule has 0 saturated carbocycles. The number of carbonyl (C=O) groups excluding carboxylic acids is 1. The van der Waals surface area contributed by atoms with Gasteiger partial charge in [-0.05, 0) is 29.5 Å². The summed E-state index contributed by atoms with van der Waals surface area (Å²) in [6, 6.07) is 16.6. The number of aliphatic carboxylic acids is 1. The Hall–Kier alpha value is -2.62. The standard InChI is InChI=1S/C20H23NO3/c1-2-15-8-10-16(11-9-15)12-13-19(22)21-18(20(23)24)14-17-6-4-3-5-7-17/h3-11,18H,2,12-14H2,1H3,(H,21,22)(H,23,24)/t18-/m0/s1. The second kappa shape index (κ2) is 8.87. The fourth-order valence-corrected chi connectivity index (χ4v) is 2.52. The van der Waals surface area contributed by atoms with Gasteiger partial charge in [0.2, 0.25) is 5.91 Å². The fraction of sp³-hybridized carbons (Fsp3) is 0.300. The molecule has 0 aliphatic heterocycles. The van der Waals surface area contributed by atoms with Crippen LogP contribution in [0.25, 0.3) is 0 Å². The molecule has 0 unspecified atom stereocenters. The van der Waals surface area contributed by atoms with Crippen LogP contribution < -0.4 is 5.32 Å². The van der Waals surface area contributed by atoms with Crippen LogP contribution in [0.2, 0.25) is 0 Å². The van der Waals surface area contributed by atoms with Crippen molar-refractivity contribution in [1.29, 1.82) is 0 Å². The summed E-state index contributed by atoms with van der Waals surface area (Å²) in [6.45, 7) is 2.10. The van der Waals surface area contributed by atoms with Gasteiger partial charge in [-0.15, -0.1) is 0 Å². The first-order chi connectivity index (χ1) is 11.6. The Morgan fingerprint density at radius 2 is 1.58 bits per heavy atom. The third kappa shape index (κ3) is 5.54. The number of amides is 1. The minimum Gasteiger partial charge on any atom is -0.480 e. The Morgan fingerprint density at radius 3 is 2.17 bits per heavy atom. The highest BCUT2D eigenvalue weighted by Gasteiger charge is 2.20. The van der Waals surface area contributed by atoms with Crippen LogP contribution in [0.3, 0.4) is 0 Å². The maximum Gasteiger partial charge on any atom is 0.326 e. The van der Waals surface area contributed by atoms with E-state index in [1.54, 1.807) is 0 Å². The molecule has 4 nitrogen and oxygen atoms in total. The molecule has 2 aromatic rings. The quantitative estimate of drug-likeness (QED) is 0.784. The van der Waals surface area contributed by atoms with Crippen molar-refractivity contribution < 1.29 is 14.7 Å². The van der Waals surface area contributed by atoms with Gasteiger partial charge < -0.3 is 10.4 Å². The Balaban J connectivity index is 1.87. The van der Waals surface area contributed by atoms with Crippen LogP contribution in [0.4, 0.5) is 0 Å². The summed E-state index contributed by atoms with van der Waals surface area (Å²) in [6.07, 6.45) is 2.16. The Labute approximate surface area is 142 Å². The predicted molar refractivity (Wildman–Crippen MR) is 93.9 cm³/mol. The highest BCUT2D eigenvalue weighted by Crippen LogP contribution is 2.08. The number of hydrogen-bond acceptors (Lipinski definition) is 2. The van der Waals surface area contributed by atoms with Crippen LogP contribution in [0, 0.1) is 0 Å². The van der Waals surface area contributed by atoms with Crippen molar-refractivity contribution in [2.75, 3.05) is 0 Å². The molecule has 0 bridgehead atoms. The molecule has 0 heterocycles. The van der Waals surface area contributed by atoms with Crippen molar-refractivity contribution in [2.45, 2.75) is 38.6 Å². The number of carboxylic acids is 1. The molecule has 24 heavy (non-hydrogen) atoms. The second-order valence-corrected chi connectivity index (χ2v) is 5.82. The van der Waals surface area contributed by atoms with Gasteiger partial charge in [0.1, 0.15) is 6.04 Å². The maximum atomic E-state index is 12.1. The summed E-state index contributed by atoms with van der Waals surface area (Å²) in [7, 11) is 0. The summed E-state index contributed by atoms with van der Waals surface area (Å²) in [5, 5.41) is 11.9. The predicted octanol–water partition coefficient (Wildman–Crippen LogP) is 2.99. The van der Waals surface area contributed by atoms with Gasteiger partial charge >= 0.3 is 5.97 Å². The number of benzene rings is 2. The molecule has 126 valence electrons. The molecule has 0 aliphatic carbocycles. The molecule has 2 rings (SSSR count). The van der Waals surface area contributed by atoms with E-state index in [2.05, 4.69) is 24.4 Å². The van der Waals surface area contributed by atoms with E-state index in [0.29, 0.717) is 6.42 Å². The normalized spacial score (nSPS) is 11.7. The highest BCUT2D eigenvalue weighted by atomic mass is 16.4. The van der Waals surface area contributed by atoms with E-state index >= 15 is 0 Å². The average Bonchev–Trinajstić information content (AvgIpc) is 2.60. The molecular weight excluding hydrogens is 302 g/mol. The first-order valence-electron chi connectivity index (χ1n) is 8.22. The fourth-order valence-electron chi connectivity index (χ4n) is 2.52. The topological polar surface area (TPSA) is 66.4 Å². The van der Waals surface area contributed by atoms with E-state index in [1.165, 1.54) is 5.56 Å². The van der Waals surface area contributed by atoms with Crippen LogP contribution in [0.1, 0.15) is 30.0 Å². The van der Waals surface area contributed by atoms with Crippen LogP contribution >= 0.6 is 0 Å². The van der Waals surface area contributed by atoms with Gasteiger partial charge in [0.05, 0.1) is 0 Å². The third-order valence-electron chi connectivity index (χ3n) is 3.99. The average molecular weight is 325 g/mol. The van der Waals surface area contributed by atoms with E-state index in [9.17, 15) is 14.7 Å². The number of aryl methyl sites for hydroxylation is 2. The molecule has 0 fully saturated rings. The van der Waals surface area contributed by atoms with Crippen molar-refractivity contribution >= 4 is 11.9 Å². The van der Waals surface area contributed by atoms with Gasteiger partial charge in [-0.3, -0.25) is 4.79 Å². The maximum absolute atomic E-state index is 12.1. The molecular formula is C20H23NO3. The van der Waals surface area contributed by atoms with E-state index in [4.69, 9.17) is 0 Å². The largest absolute Gasteiger partial charge is 0.480 e. The zero-order chi connectivity index (χ0) is 17.4. The van der Waals surface area contributed by atoms with E-state index in [-0.39, 0.29) is 18.7 Å². The lowest BCUT2D eigenvalue weighted by molar-refractivity contribution is -0.141. The van der Waals surface area contributed by atoms with Gasteiger partial charge in [0.15, 0.2) is 0 Å². The van der Waals surface area contributed by atoms with Crippen molar-refractivity contribution in [3.63, 3.8) is 0 Å². The highest BCUT2D eigenvalue weighted by molar-refractivity contribution is 5.83. The second-order valence-electron chi connectivity index (χ2n) is 5.82. The Kier molecular flexibility index (Phi) is 6.55. The molecule has 1 atom stereocenters. The number of nitrogens with one attached hydrogen (secondary N) is 1. The van der Waals surface area contributed by atoms with E-state index < -0.39 is 12.0 Å². The molecule has 2 aromatic carbocycles. The smallest absolute Gasteiger partial charge is 0.326 e. The molecule has 0 aliphatic rings. The van der Waals surface area contributed by atoms with E-state index in [1.807, 2.05) is 42.5 Å². The third-order valence-corrected chi connectivity index (χ3v) is 3.99. The number of carbonyl (C=O) groups is 2. The van der Waals surface area contributed by atoms with Crippen LogP contribution in [0.15, 0.2) is 54.6 Å². The number of rotatable bonds is 8. The summed E-state index contributed by atoms with van der Waals surface area (Å²) >= 11 is 0. The summed E-state index contributed by atoms with van der Waals surface area (Å²) in [5.41, 5.74) is 3.23. The van der Waals surface area contributed by atoms with Gasteiger partial charge in [-0.2, -0.15) is 0 Å². The monoisotopic (exact) mass is 325 g/mol. The first-order valence-corrected chi connectivity index (χ1v) is 8.22. The summed E-state index contributed by atoms with van der Waals surface area (Å²) in [4.78, 5) is 23.4. The van der Waals surface area contributed by atoms with Crippen molar-refractivity contribution in [3.8, 4) is 0 Å². The van der Waals surface area contributed by atoms with E-state index in [0.717, 1.165) is 17.5 Å². The van der Waals surface area contributed by atoms with Crippen LogP contribution in [-0.2, 0) is 28.9 Å². The van der Waals surface area contributed by atoms with Crippen molar-refractivity contribution in [3.05, 3.63) is 71.3 Å². The van der Waals surface area contributed by atoms with Crippen LogP contribution in [0.5, 0.6) is 0 Å². The molecule has 1 amide bonds. The molecule has 0 radical (unpaired) electrons. The van der Waals surface area contributed by atoms with Gasteiger partial charge in [0, 0.05) is 12.8 Å². The molecule has 4 heteroatoms. The first kappa shape index (κ1) is 17.7. The van der Waals surface area contributed by atoms with Crippen molar-refractivity contribution in [1.82, 2.24) is 5.32 Å².